The van der Waals surface area contributed by atoms with Crippen molar-refractivity contribution in [3.8, 4) is 0 Å². The number of halogens is 5. The second-order valence-electron chi connectivity index (χ2n) is 6.81. The molecule has 0 radical (unpaired) electrons. The van der Waals surface area contributed by atoms with E-state index in [1.165, 1.54) is 12.1 Å². The van der Waals surface area contributed by atoms with Crippen LogP contribution in [-0.2, 0) is 0 Å². The molecule has 0 aliphatic carbocycles. The molecular weight excluding hydrogens is 416 g/mol. The minimum Gasteiger partial charge on any atom is -0.363 e. The predicted molar refractivity (Wildman–Crippen MR) is 102 cm³/mol. The normalized spacial score (nSPS) is 20.2. The summed E-state index contributed by atoms with van der Waals surface area (Å²) in [6.45, 7) is 3.71. The number of carbonyl (C=O) groups excluding carboxylic acids is 1. The quantitative estimate of drug-likeness (QED) is 0.678. The molecular formula is C18H19Cl2F3N4O. The summed E-state index contributed by atoms with van der Waals surface area (Å²) in [5.74, 6) is -0.385. The standard InChI is InChI=1S/C18H19Cl2F3N4O/c1-3-9(2)24-17(28)14-8-16-25-13(10-4-5-11(19)12(20)6-10)7-15(18(21,22)23)27(16)26-14/h4-6,8-9,13,15,25H,3,7H2,1-2H3,(H,24,28)/t9-,13+,15-/m0/s1. The molecule has 0 bridgehead atoms. The highest BCUT2D eigenvalue weighted by Crippen LogP contribution is 2.44. The van der Waals surface area contributed by atoms with E-state index >= 15 is 0 Å². The summed E-state index contributed by atoms with van der Waals surface area (Å²) >= 11 is 11.9. The van der Waals surface area contributed by atoms with Gasteiger partial charge in [0.25, 0.3) is 5.91 Å². The second kappa shape index (κ2) is 7.83. The summed E-state index contributed by atoms with van der Waals surface area (Å²) in [7, 11) is 0. The van der Waals surface area contributed by atoms with Crippen LogP contribution >= 0.6 is 23.2 Å². The number of benzene rings is 1. The Bertz CT molecular complexity index is 884. The van der Waals surface area contributed by atoms with Crippen molar-refractivity contribution in [2.45, 2.75) is 51.0 Å². The molecule has 152 valence electrons. The third-order valence-corrected chi connectivity index (χ3v) is 5.50. The molecule has 3 atom stereocenters. The monoisotopic (exact) mass is 434 g/mol. The van der Waals surface area contributed by atoms with E-state index in [9.17, 15) is 18.0 Å². The number of anilines is 1. The molecule has 2 heterocycles. The molecule has 0 saturated heterocycles. The maximum absolute atomic E-state index is 13.7. The van der Waals surface area contributed by atoms with E-state index in [1.54, 1.807) is 12.1 Å². The van der Waals surface area contributed by atoms with Crippen LogP contribution in [0, 0.1) is 0 Å². The third kappa shape index (κ3) is 4.22. The third-order valence-electron chi connectivity index (χ3n) is 4.76. The maximum atomic E-state index is 13.7. The highest BCUT2D eigenvalue weighted by atomic mass is 35.5. The molecule has 0 spiro atoms. The average molecular weight is 435 g/mol. The van der Waals surface area contributed by atoms with Gasteiger partial charge in [-0.2, -0.15) is 18.3 Å². The topological polar surface area (TPSA) is 59.0 Å². The lowest BCUT2D eigenvalue weighted by atomic mass is 9.97. The number of carbonyl (C=O) groups is 1. The Morgan fingerprint density at radius 2 is 2.07 bits per heavy atom. The fourth-order valence-corrected chi connectivity index (χ4v) is 3.34. The number of hydrogen-bond donors (Lipinski definition) is 2. The fourth-order valence-electron chi connectivity index (χ4n) is 3.03. The fraction of sp³-hybridized carbons (Fsp3) is 0.444. The van der Waals surface area contributed by atoms with Crippen molar-refractivity contribution >= 4 is 34.9 Å². The summed E-state index contributed by atoms with van der Waals surface area (Å²) in [6.07, 6.45) is -4.12. The van der Waals surface area contributed by atoms with Crippen LogP contribution in [0.25, 0.3) is 0 Å². The SMILES string of the molecule is CC[C@H](C)NC(=O)c1cc2n(n1)[C@H](C(F)(F)F)C[C@H](c1ccc(Cl)c(Cl)c1)N2. The second-order valence-corrected chi connectivity index (χ2v) is 7.62. The number of amides is 1. The van der Waals surface area contributed by atoms with Gasteiger partial charge in [-0.25, -0.2) is 4.68 Å². The van der Waals surface area contributed by atoms with E-state index in [0.29, 0.717) is 17.0 Å². The van der Waals surface area contributed by atoms with Crippen LogP contribution in [0.2, 0.25) is 10.0 Å². The molecule has 1 aromatic carbocycles. The number of nitrogens with one attached hydrogen (secondary N) is 2. The number of hydrogen-bond acceptors (Lipinski definition) is 3. The summed E-state index contributed by atoms with van der Waals surface area (Å²) < 4.78 is 41.9. The zero-order valence-electron chi connectivity index (χ0n) is 15.1. The van der Waals surface area contributed by atoms with Crippen molar-refractivity contribution in [2.75, 3.05) is 5.32 Å². The first kappa shape index (κ1) is 20.8. The number of rotatable bonds is 4. The first-order valence-electron chi connectivity index (χ1n) is 8.78. The van der Waals surface area contributed by atoms with E-state index in [4.69, 9.17) is 23.2 Å². The Morgan fingerprint density at radius 3 is 2.68 bits per heavy atom. The van der Waals surface area contributed by atoms with Gasteiger partial charge in [-0.05, 0) is 31.0 Å². The van der Waals surface area contributed by atoms with Gasteiger partial charge in [-0.3, -0.25) is 4.79 Å². The van der Waals surface area contributed by atoms with Gasteiger partial charge in [-0.1, -0.05) is 36.2 Å². The first-order chi connectivity index (χ1) is 13.1. The lowest BCUT2D eigenvalue weighted by Crippen LogP contribution is -2.36. The Morgan fingerprint density at radius 1 is 1.36 bits per heavy atom. The van der Waals surface area contributed by atoms with Crippen LogP contribution in [0.4, 0.5) is 19.0 Å². The average Bonchev–Trinajstić information content (AvgIpc) is 3.06. The van der Waals surface area contributed by atoms with E-state index in [0.717, 1.165) is 4.68 Å². The highest BCUT2D eigenvalue weighted by Gasteiger charge is 2.46. The number of fused-ring (bicyclic) bond motifs is 1. The Balaban J connectivity index is 1.95. The summed E-state index contributed by atoms with van der Waals surface area (Å²) in [5, 5.41) is 10.2. The molecule has 0 fully saturated rings. The number of aromatic nitrogens is 2. The van der Waals surface area contributed by atoms with Crippen LogP contribution in [0.5, 0.6) is 0 Å². The molecule has 3 rings (SSSR count). The molecule has 5 nitrogen and oxygen atoms in total. The van der Waals surface area contributed by atoms with Gasteiger partial charge in [0, 0.05) is 18.5 Å². The van der Waals surface area contributed by atoms with E-state index in [1.807, 2.05) is 13.8 Å². The Labute approximate surface area is 170 Å². The zero-order chi connectivity index (χ0) is 20.6. The number of nitrogens with zero attached hydrogens (tertiary/aromatic N) is 2. The zero-order valence-corrected chi connectivity index (χ0v) is 16.7. The van der Waals surface area contributed by atoms with Crippen molar-refractivity contribution in [3.63, 3.8) is 0 Å². The molecule has 1 aliphatic heterocycles. The minimum atomic E-state index is -4.53. The van der Waals surface area contributed by atoms with Crippen LogP contribution in [0.1, 0.15) is 54.8 Å². The van der Waals surface area contributed by atoms with Crippen molar-refractivity contribution in [3.05, 3.63) is 45.6 Å². The molecule has 0 saturated carbocycles. The molecule has 1 amide bonds. The lowest BCUT2D eigenvalue weighted by molar-refractivity contribution is -0.173. The molecule has 1 aliphatic rings. The van der Waals surface area contributed by atoms with Gasteiger partial charge in [0.15, 0.2) is 11.7 Å². The van der Waals surface area contributed by atoms with Crippen LogP contribution in [0.15, 0.2) is 24.3 Å². The van der Waals surface area contributed by atoms with Crippen LogP contribution in [-0.4, -0.2) is 27.9 Å². The largest absolute Gasteiger partial charge is 0.410 e. The van der Waals surface area contributed by atoms with Crippen molar-refractivity contribution in [2.24, 2.45) is 0 Å². The minimum absolute atomic E-state index is 0.0631. The smallest absolute Gasteiger partial charge is 0.363 e. The van der Waals surface area contributed by atoms with Gasteiger partial charge < -0.3 is 10.6 Å². The lowest BCUT2D eigenvalue weighted by Gasteiger charge is -2.33. The van der Waals surface area contributed by atoms with Gasteiger partial charge >= 0.3 is 6.18 Å². The summed E-state index contributed by atoms with van der Waals surface area (Å²) in [6, 6.07) is 3.41. The summed E-state index contributed by atoms with van der Waals surface area (Å²) in [4.78, 5) is 12.3. The molecule has 2 N–H and O–H groups in total. The molecule has 10 heteroatoms. The van der Waals surface area contributed by atoms with Crippen LogP contribution in [0.3, 0.4) is 0 Å². The van der Waals surface area contributed by atoms with Gasteiger partial charge in [-0.15, -0.1) is 0 Å². The van der Waals surface area contributed by atoms with E-state index < -0.39 is 24.2 Å². The Hall–Kier alpha value is -1.93. The molecule has 1 aromatic heterocycles. The molecule has 0 unspecified atom stereocenters. The number of alkyl halides is 3. The van der Waals surface area contributed by atoms with Gasteiger partial charge in [0.05, 0.1) is 16.1 Å². The maximum Gasteiger partial charge on any atom is 0.410 e. The van der Waals surface area contributed by atoms with Crippen molar-refractivity contribution in [1.82, 2.24) is 15.1 Å². The van der Waals surface area contributed by atoms with Crippen molar-refractivity contribution < 1.29 is 18.0 Å². The Kier molecular flexibility index (Phi) is 5.82. The van der Waals surface area contributed by atoms with Crippen LogP contribution < -0.4 is 10.6 Å². The van der Waals surface area contributed by atoms with E-state index in [2.05, 4.69) is 15.7 Å². The summed E-state index contributed by atoms with van der Waals surface area (Å²) in [5.41, 5.74) is 0.508. The van der Waals surface area contributed by atoms with Gasteiger partial charge in [0.1, 0.15) is 5.82 Å². The van der Waals surface area contributed by atoms with Crippen molar-refractivity contribution in [1.29, 1.82) is 0 Å². The highest BCUT2D eigenvalue weighted by molar-refractivity contribution is 6.42. The molecule has 2 aromatic rings. The predicted octanol–water partition coefficient (Wildman–Crippen LogP) is 5.38. The first-order valence-corrected chi connectivity index (χ1v) is 9.54. The molecule has 28 heavy (non-hydrogen) atoms. The van der Waals surface area contributed by atoms with Gasteiger partial charge in [0.2, 0.25) is 0 Å². The van der Waals surface area contributed by atoms with E-state index in [-0.39, 0.29) is 29.0 Å².